The number of alkyl halides is 2. The number of nitrogens with one attached hydrogen (secondary N) is 1. The number of aromatic nitrogens is 2. The second-order valence-corrected chi connectivity index (χ2v) is 4.64. The summed E-state index contributed by atoms with van der Waals surface area (Å²) in [6.07, 6.45) is 1.70. The fourth-order valence-corrected chi connectivity index (χ4v) is 1.48. The third kappa shape index (κ3) is 11.2. The number of aliphatic hydroxyl groups excluding tert-OH is 2. The molecule has 1 saturated heterocycles. The molecule has 0 aliphatic carbocycles. The maximum absolute atomic E-state index is 12.5. The van der Waals surface area contributed by atoms with Crippen LogP contribution in [-0.2, 0) is 10.7 Å². The van der Waals surface area contributed by atoms with Gasteiger partial charge in [-0.15, -0.1) is 0 Å². The van der Waals surface area contributed by atoms with Crippen molar-refractivity contribution in [3.8, 4) is 0 Å². The van der Waals surface area contributed by atoms with Crippen LogP contribution in [0.5, 0.6) is 0 Å². The van der Waals surface area contributed by atoms with Gasteiger partial charge in [-0.2, -0.15) is 8.78 Å². The zero-order chi connectivity index (χ0) is 18.5. The molecule has 1 aliphatic rings. The lowest BCUT2D eigenvalue weighted by Crippen LogP contribution is -2.36. The van der Waals surface area contributed by atoms with E-state index >= 15 is 0 Å². The highest BCUT2D eigenvalue weighted by molar-refractivity contribution is 7.71. The Bertz CT molecular complexity index is 443. The molecule has 2 heterocycles. The van der Waals surface area contributed by atoms with E-state index in [1.54, 1.807) is 0 Å². The minimum atomic E-state index is -2.90. The molecule has 1 aromatic heterocycles. The lowest BCUT2D eigenvalue weighted by Gasteiger charge is -2.22. The molecule has 1 aliphatic heterocycles. The Kier molecular flexibility index (Phi) is 14.2. The quantitative estimate of drug-likeness (QED) is 0.674. The van der Waals surface area contributed by atoms with Crippen LogP contribution < -0.4 is 0 Å². The summed E-state index contributed by atoms with van der Waals surface area (Å²) in [5, 5.41) is 17.7. The van der Waals surface area contributed by atoms with Gasteiger partial charge in [-0.05, 0) is 6.42 Å². The van der Waals surface area contributed by atoms with Gasteiger partial charge >= 0.3 is 0 Å². The number of halogens is 2. The van der Waals surface area contributed by atoms with Gasteiger partial charge in [0, 0.05) is 13.5 Å². The van der Waals surface area contributed by atoms with Gasteiger partial charge in [0.15, 0.2) is 0 Å². The fraction of sp³-hybridized carbons (Fsp3) is 0.733. The number of rotatable bonds is 1. The van der Waals surface area contributed by atoms with E-state index in [0.29, 0.717) is 13.0 Å². The molecule has 2 unspecified atom stereocenters. The zero-order valence-electron chi connectivity index (χ0n) is 14.3. The van der Waals surface area contributed by atoms with E-state index in [1.807, 2.05) is 27.7 Å². The van der Waals surface area contributed by atoms with Crippen LogP contribution in [0.2, 0.25) is 0 Å². The van der Waals surface area contributed by atoms with Crippen molar-refractivity contribution in [2.24, 2.45) is 0 Å². The van der Waals surface area contributed by atoms with Crippen LogP contribution in [-0.4, -0.2) is 45.6 Å². The van der Waals surface area contributed by atoms with E-state index in [1.165, 1.54) is 6.20 Å². The summed E-state index contributed by atoms with van der Waals surface area (Å²) in [4.78, 5) is 5.88. The van der Waals surface area contributed by atoms with Gasteiger partial charge in [0.1, 0.15) is 16.4 Å². The van der Waals surface area contributed by atoms with Gasteiger partial charge in [-0.3, -0.25) is 4.98 Å². The lowest BCUT2D eigenvalue weighted by molar-refractivity contribution is -0.0852. The maximum Gasteiger partial charge on any atom is 0.286 e. The first-order chi connectivity index (χ1) is 10.8. The molecule has 0 saturated carbocycles. The van der Waals surface area contributed by atoms with Gasteiger partial charge < -0.3 is 19.9 Å². The minimum Gasteiger partial charge on any atom is -0.390 e. The van der Waals surface area contributed by atoms with Crippen LogP contribution in [0.4, 0.5) is 8.78 Å². The van der Waals surface area contributed by atoms with Crippen molar-refractivity contribution in [2.75, 3.05) is 13.2 Å². The summed E-state index contributed by atoms with van der Waals surface area (Å²) in [5.74, 6) is -2.90. The highest BCUT2D eigenvalue weighted by atomic mass is 32.1. The minimum absolute atomic E-state index is 0.212. The van der Waals surface area contributed by atoms with Gasteiger partial charge in [-0.1, -0.05) is 39.9 Å². The monoisotopic (exact) mass is 354 g/mol. The Morgan fingerprint density at radius 1 is 1.22 bits per heavy atom. The van der Waals surface area contributed by atoms with Crippen LogP contribution >= 0.6 is 12.2 Å². The zero-order valence-corrected chi connectivity index (χ0v) is 15.2. The average Bonchev–Trinajstić information content (AvgIpc) is 2.54. The normalized spacial score (nSPS) is 19.9. The largest absolute Gasteiger partial charge is 0.390 e. The van der Waals surface area contributed by atoms with Crippen molar-refractivity contribution in [3.63, 3.8) is 0 Å². The van der Waals surface area contributed by atoms with Crippen LogP contribution in [0.1, 0.15) is 46.7 Å². The predicted octanol–water partition coefficient (Wildman–Crippen LogP) is 3.43. The van der Waals surface area contributed by atoms with E-state index in [2.05, 4.69) is 22.2 Å². The molecule has 0 spiro atoms. The van der Waals surface area contributed by atoms with Gasteiger partial charge in [0.2, 0.25) is 0 Å². The van der Waals surface area contributed by atoms with Crippen LogP contribution in [0.25, 0.3) is 0 Å². The first kappa shape index (κ1) is 24.3. The van der Waals surface area contributed by atoms with Crippen LogP contribution in [0.15, 0.2) is 12.4 Å². The molecule has 8 heteroatoms. The first-order valence-corrected chi connectivity index (χ1v) is 8.08. The van der Waals surface area contributed by atoms with E-state index in [0.717, 1.165) is 13.1 Å². The number of ether oxygens (including phenoxy) is 1. The lowest BCUT2D eigenvalue weighted by atomic mass is 10.1. The molecular formula is C15H28F2N2O3S. The molecule has 0 amide bonds. The Morgan fingerprint density at radius 3 is 2.09 bits per heavy atom. The average molecular weight is 354 g/mol. The summed E-state index contributed by atoms with van der Waals surface area (Å²) >= 11 is 4.62. The van der Waals surface area contributed by atoms with Gasteiger partial charge in [-0.25, -0.2) is 0 Å². The summed E-state index contributed by atoms with van der Waals surface area (Å²) in [7, 11) is 0. The number of H-pyrrole nitrogens is 1. The molecule has 136 valence electrons. The Labute approximate surface area is 141 Å². The number of nitrogens with zero attached hydrogens (tertiary/aromatic N) is 1. The van der Waals surface area contributed by atoms with E-state index < -0.39 is 18.1 Å². The Hall–Kier alpha value is -0.960. The summed E-state index contributed by atoms with van der Waals surface area (Å²) in [6.45, 7) is 9.63. The van der Waals surface area contributed by atoms with E-state index in [9.17, 15) is 8.78 Å². The molecule has 5 nitrogen and oxygen atoms in total. The van der Waals surface area contributed by atoms with E-state index in [4.69, 9.17) is 14.9 Å². The van der Waals surface area contributed by atoms with Gasteiger partial charge in [0.25, 0.3) is 5.92 Å². The molecule has 23 heavy (non-hydrogen) atoms. The smallest absolute Gasteiger partial charge is 0.286 e. The highest BCUT2D eigenvalue weighted by Gasteiger charge is 2.25. The van der Waals surface area contributed by atoms with Crippen molar-refractivity contribution in [1.29, 1.82) is 0 Å². The number of hydrogen-bond donors (Lipinski definition) is 3. The van der Waals surface area contributed by atoms with E-state index in [-0.39, 0.29) is 16.9 Å². The summed E-state index contributed by atoms with van der Waals surface area (Å²) in [5.41, 5.74) is -0.259. The maximum atomic E-state index is 12.5. The molecular weight excluding hydrogens is 326 g/mol. The molecule has 0 aromatic carbocycles. The van der Waals surface area contributed by atoms with Crippen molar-refractivity contribution < 1.29 is 23.7 Å². The Balaban J connectivity index is 0. The summed E-state index contributed by atoms with van der Waals surface area (Å²) < 4.78 is 30.1. The van der Waals surface area contributed by atoms with Crippen molar-refractivity contribution in [2.45, 2.75) is 59.2 Å². The number of hydrogen-bond acceptors (Lipinski definition) is 5. The summed E-state index contributed by atoms with van der Waals surface area (Å²) in [6, 6.07) is 0. The van der Waals surface area contributed by atoms with Crippen molar-refractivity contribution in [1.82, 2.24) is 9.97 Å². The molecule has 1 aromatic rings. The van der Waals surface area contributed by atoms with Crippen molar-refractivity contribution >= 4 is 12.2 Å². The number of aromatic amines is 1. The molecule has 0 radical (unpaired) electrons. The molecule has 0 bridgehead atoms. The SMILES string of the molecule is CC.CC.CC(F)(F)c1cncc(=S)[nH]1.OC1CCOCC1O. The Morgan fingerprint density at radius 2 is 1.78 bits per heavy atom. The standard InChI is InChI=1S/C6H6F2N2S.C5H10O3.2C2H6/c1-6(7,8)4-2-9-3-5(11)10-4;6-4-1-2-8-3-5(4)7;2*1-2/h2-3H,1H3,(H,10,11);4-7H,1-3H2;2*1-2H3. The number of aliphatic hydroxyl groups is 2. The molecule has 3 N–H and O–H groups in total. The third-order valence-corrected chi connectivity index (χ3v) is 2.62. The predicted molar refractivity (Wildman–Crippen MR) is 89.1 cm³/mol. The molecule has 2 atom stereocenters. The second kappa shape index (κ2) is 13.5. The second-order valence-electron chi connectivity index (χ2n) is 4.20. The third-order valence-electron chi connectivity index (χ3n) is 2.42. The van der Waals surface area contributed by atoms with Crippen LogP contribution in [0.3, 0.4) is 0 Å². The van der Waals surface area contributed by atoms with Crippen molar-refractivity contribution in [3.05, 3.63) is 22.7 Å². The molecule has 2 rings (SSSR count). The fourth-order valence-electron chi connectivity index (χ4n) is 1.31. The first-order valence-electron chi connectivity index (χ1n) is 7.67. The molecule has 1 fully saturated rings. The van der Waals surface area contributed by atoms with Crippen LogP contribution in [0, 0.1) is 4.64 Å². The van der Waals surface area contributed by atoms with Gasteiger partial charge in [0.05, 0.1) is 25.1 Å². The highest BCUT2D eigenvalue weighted by Crippen LogP contribution is 2.23. The topological polar surface area (TPSA) is 78.4 Å².